The Balaban J connectivity index is 2.10. The van der Waals surface area contributed by atoms with Gasteiger partial charge in [-0.15, -0.1) is 0 Å². The second-order valence-corrected chi connectivity index (χ2v) is 4.76. The largest absolute Gasteiger partial charge is 0.370 e. The van der Waals surface area contributed by atoms with E-state index >= 15 is 0 Å². The van der Waals surface area contributed by atoms with Crippen LogP contribution in [0.5, 0.6) is 0 Å². The predicted molar refractivity (Wildman–Crippen MR) is 81.0 cm³/mol. The van der Waals surface area contributed by atoms with Gasteiger partial charge in [0.25, 0.3) is 5.91 Å². The molecule has 2 rings (SSSR count). The van der Waals surface area contributed by atoms with E-state index in [0.29, 0.717) is 23.5 Å². The average Bonchev–Trinajstić information content (AvgIpc) is 2.48. The Bertz CT molecular complexity index is 649. The zero-order chi connectivity index (χ0) is 15.2. The molecule has 0 unspecified atom stereocenters. The van der Waals surface area contributed by atoms with Gasteiger partial charge in [-0.05, 0) is 19.1 Å². The molecule has 2 aromatic rings. The number of hydrogen-bond acceptors (Lipinski definition) is 3. The molecule has 0 fully saturated rings. The van der Waals surface area contributed by atoms with Crippen LogP contribution in [0.15, 0.2) is 36.5 Å². The van der Waals surface area contributed by atoms with Crippen molar-refractivity contribution in [3.8, 4) is 0 Å². The van der Waals surface area contributed by atoms with Gasteiger partial charge in [-0.25, -0.2) is 9.37 Å². The highest BCUT2D eigenvalue weighted by molar-refractivity contribution is 6.33. The summed E-state index contributed by atoms with van der Waals surface area (Å²) in [5.41, 5.74) is 0.724. The number of nitrogens with zero attached hydrogens (tertiary/aromatic N) is 1. The van der Waals surface area contributed by atoms with Gasteiger partial charge in [0.1, 0.15) is 11.6 Å². The number of anilines is 1. The molecule has 0 saturated carbocycles. The first-order chi connectivity index (χ1) is 10.1. The smallest absolute Gasteiger partial charge is 0.253 e. The zero-order valence-electron chi connectivity index (χ0n) is 11.5. The van der Waals surface area contributed by atoms with Crippen molar-refractivity contribution in [2.75, 3.05) is 11.9 Å². The number of aromatic nitrogens is 1. The third-order valence-corrected chi connectivity index (χ3v) is 3.16. The van der Waals surface area contributed by atoms with Gasteiger partial charge < -0.3 is 10.6 Å². The Morgan fingerprint density at radius 1 is 1.38 bits per heavy atom. The quantitative estimate of drug-likeness (QED) is 0.891. The summed E-state index contributed by atoms with van der Waals surface area (Å²) >= 11 is 5.98. The van der Waals surface area contributed by atoms with E-state index in [-0.39, 0.29) is 23.3 Å². The summed E-state index contributed by atoms with van der Waals surface area (Å²) in [7, 11) is 0. The molecule has 0 radical (unpaired) electrons. The SMILES string of the molecule is CCNc1cc(C(=O)NCc2ccccc2F)c(Cl)cn1. The monoisotopic (exact) mass is 307 g/mol. The Morgan fingerprint density at radius 3 is 2.86 bits per heavy atom. The first-order valence-electron chi connectivity index (χ1n) is 6.53. The summed E-state index contributed by atoms with van der Waals surface area (Å²) in [4.78, 5) is 16.2. The van der Waals surface area contributed by atoms with Gasteiger partial charge in [0.15, 0.2) is 0 Å². The molecule has 1 aromatic heterocycles. The second-order valence-electron chi connectivity index (χ2n) is 4.35. The number of rotatable bonds is 5. The van der Waals surface area contributed by atoms with E-state index in [4.69, 9.17) is 11.6 Å². The Kier molecular flexibility index (Phi) is 5.11. The van der Waals surface area contributed by atoms with Gasteiger partial charge in [-0.2, -0.15) is 0 Å². The second kappa shape index (κ2) is 7.04. The van der Waals surface area contributed by atoms with Gasteiger partial charge in [0, 0.05) is 24.8 Å². The van der Waals surface area contributed by atoms with Gasteiger partial charge in [-0.1, -0.05) is 29.8 Å². The number of carbonyl (C=O) groups is 1. The zero-order valence-corrected chi connectivity index (χ0v) is 12.2. The maximum atomic E-state index is 13.5. The van der Waals surface area contributed by atoms with Crippen LogP contribution in [0.3, 0.4) is 0 Å². The number of nitrogens with one attached hydrogen (secondary N) is 2. The number of benzene rings is 1. The van der Waals surface area contributed by atoms with Crippen LogP contribution in [0.25, 0.3) is 0 Å². The highest BCUT2D eigenvalue weighted by Gasteiger charge is 2.12. The van der Waals surface area contributed by atoms with Crippen LogP contribution in [0.4, 0.5) is 10.2 Å². The van der Waals surface area contributed by atoms with E-state index in [2.05, 4.69) is 15.6 Å². The highest BCUT2D eigenvalue weighted by atomic mass is 35.5. The minimum absolute atomic E-state index is 0.0979. The molecule has 0 aliphatic carbocycles. The molecule has 6 heteroatoms. The number of pyridine rings is 1. The lowest BCUT2D eigenvalue weighted by Crippen LogP contribution is -2.24. The van der Waals surface area contributed by atoms with E-state index in [1.807, 2.05) is 6.92 Å². The van der Waals surface area contributed by atoms with E-state index in [0.717, 1.165) is 0 Å². The molecule has 0 aliphatic rings. The van der Waals surface area contributed by atoms with Crippen LogP contribution in [0.1, 0.15) is 22.8 Å². The van der Waals surface area contributed by atoms with Crippen molar-refractivity contribution in [2.24, 2.45) is 0 Å². The topological polar surface area (TPSA) is 54.0 Å². The molecule has 2 N–H and O–H groups in total. The molecule has 0 spiro atoms. The minimum atomic E-state index is -0.371. The molecule has 0 aliphatic heterocycles. The highest BCUT2D eigenvalue weighted by Crippen LogP contribution is 2.18. The summed E-state index contributed by atoms with van der Waals surface area (Å²) in [6.45, 7) is 2.71. The Labute approximate surface area is 127 Å². The predicted octanol–water partition coefficient (Wildman–Crippen LogP) is 3.24. The molecule has 0 atom stereocenters. The number of halogens is 2. The Morgan fingerprint density at radius 2 is 2.14 bits per heavy atom. The lowest BCUT2D eigenvalue weighted by atomic mass is 10.2. The van der Waals surface area contributed by atoms with Crippen LogP contribution in [-0.2, 0) is 6.54 Å². The molecule has 1 amide bonds. The molecule has 0 bridgehead atoms. The molecule has 110 valence electrons. The molecule has 1 heterocycles. The third-order valence-electron chi connectivity index (χ3n) is 2.86. The van der Waals surface area contributed by atoms with Crippen molar-refractivity contribution in [3.05, 3.63) is 58.5 Å². The van der Waals surface area contributed by atoms with E-state index < -0.39 is 0 Å². The normalized spacial score (nSPS) is 10.2. The van der Waals surface area contributed by atoms with E-state index in [1.165, 1.54) is 12.3 Å². The van der Waals surface area contributed by atoms with Crippen molar-refractivity contribution in [3.63, 3.8) is 0 Å². The van der Waals surface area contributed by atoms with Crippen molar-refractivity contribution >= 4 is 23.3 Å². The first-order valence-corrected chi connectivity index (χ1v) is 6.90. The van der Waals surface area contributed by atoms with E-state index in [9.17, 15) is 9.18 Å². The van der Waals surface area contributed by atoms with E-state index in [1.54, 1.807) is 24.3 Å². The van der Waals surface area contributed by atoms with Crippen LogP contribution in [0.2, 0.25) is 5.02 Å². The lowest BCUT2D eigenvalue weighted by molar-refractivity contribution is 0.0950. The number of amides is 1. The standard InChI is InChI=1S/C15H15ClFN3O/c1-2-18-14-7-11(12(16)9-19-14)15(21)20-8-10-5-3-4-6-13(10)17/h3-7,9H,2,8H2,1H3,(H,18,19)(H,20,21). The fourth-order valence-corrected chi connectivity index (χ4v) is 1.99. The van der Waals surface area contributed by atoms with Gasteiger partial charge in [0.05, 0.1) is 10.6 Å². The molecule has 21 heavy (non-hydrogen) atoms. The molecule has 0 saturated heterocycles. The fraction of sp³-hybridized carbons (Fsp3) is 0.200. The number of hydrogen-bond donors (Lipinski definition) is 2. The van der Waals surface area contributed by atoms with Crippen molar-refractivity contribution in [2.45, 2.75) is 13.5 Å². The van der Waals surface area contributed by atoms with Gasteiger partial charge in [0.2, 0.25) is 0 Å². The molecular formula is C15H15ClFN3O. The van der Waals surface area contributed by atoms with Gasteiger partial charge >= 0.3 is 0 Å². The molecular weight excluding hydrogens is 293 g/mol. The van der Waals surface area contributed by atoms with Crippen molar-refractivity contribution < 1.29 is 9.18 Å². The maximum Gasteiger partial charge on any atom is 0.253 e. The van der Waals surface area contributed by atoms with Crippen LogP contribution < -0.4 is 10.6 Å². The molecule has 4 nitrogen and oxygen atoms in total. The van der Waals surface area contributed by atoms with Crippen LogP contribution in [-0.4, -0.2) is 17.4 Å². The fourth-order valence-electron chi connectivity index (χ4n) is 1.80. The maximum absolute atomic E-state index is 13.5. The van der Waals surface area contributed by atoms with Crippen LogP contribution in [0, 0.1) is 5.82 Å². The summed E-state index contributed by atoms with van der Waals surface area (Å²) in [5, 5.41) is 5.90. The summed E-state index contributed by atoms with van der Waals surface area (Å²) in [6, 6.07) is 7.86. The lowest BCUT2D eigenvalue weighted by Gasteiger charge is -2.09. The Hall–Kier alpha value is -2.14. The number of carbonyl (C=O) groups excluding carboxylic acids is 1. The summed E-state index contributed by atoms with van der Waals surface area (Å²) in [5.74, 6) is -0.158. The van der Waals surface area contributed by atoms with Gasteiger partial charge in [-0.3, -0.25) is 4.79 Å². The van der Waals surface area contributed by atoms with Crippen molar-refractivity contribution in [1.82, 2.24) is 10.3 Å². The van der Waals surface area contributed by atoms with Crippen molar-refractivity contribution in [1.29, 1.82) is 0 Å². The minimum Gasteiger partial charge on any atom is -0.370 e. The average molecular weight is 308 g/mol. The first kappa shape index (κ1) is 15.3. The summed E-state index contributed by atoms with van der Waals surface area (Å²) < 4.78 is 13.5. The molecule has 1 aromatic carbocycles. The third kappa shape index (κ3) is 3.92. The van der Waals surface area contributed by atoms with Crippen LogP contribution >= 0.6 is 11.6 Å². The summed E-state index contributed by atoms with van der Waals surface area (Å²) in [6.07, 6.45) is 1.41.